The van der Waals surface area contributed by atoms with E-state index in [9.17, 15) is 4.39 Å². The van der Waals surface area contributed by atoms with Gasteiger partial charge in [-0.25, -0.2) is 4.39 Å². The second-order valence-electron chi connectivity index (χ2n) is 2.64. The molecule has 1 atom stereocenters. The van der Waals surface area contributed by atoms with Gasteiger partial charge in [0.25, 0.3) is 0 Å². The highest BCUT2D eigenvalue weighted by Crippen LogP contribution is 2.28. The summed E-state index contributed by atoms with van der Waals surface area (Å²) in [6, 6.07) is 5.21. The fourth-order valence-electron chi connectivity index (χ4n) is 1.04. The van der Waals surface area contributed by atoms with E-state index in [4.69, 9.17) is 0 Å². The zero-order valence-corrected chi connectivity index (χ0v) is 7.13. The zero-order valence-electron chi connectivity index (χ0n) is 7.13. The minimum Gasteiger partial charge on any atom is -0.258 e. The lowest BCUT2D eigenvalue weighted by Gasteiger charge is -2.17. The van der Waals surface area contributed by atoms with Crippen LogP contribution in [0, 0.1) is 0 Å². The summed E-state index contributed by atoms with van der Waals surface area (Å²) < 4.78 is 13.8. The first-order valence-corrected chi connectivity index (χ1v) is 3.97. The van der Waals surface area contributed by atoms with Gasteiger partial charge in [0.1, 0.15) is 0 Å². The van der Waals surface area contributed by atoms with Gasteiger partial charge in [0.15, 0.2) is 5.67 Å². The molecule has 64 valence electrons. The summed E-state index contributed by atoms with van der Waals surface area (Å²) in [5.41, 5.74) is -1.04. The number of rotatable bonds is 3. The van der Waals surface area contributed by atoms with Crippen LogP contribution in [0.5, 0.6) is 0 Å². The van der Waals surface area contributed by atoms with Gasteiger partial charge in [0, 0.05) is 6.20 Å². The standard InChI is InChI=1S/C10H12FN/c1-3-10(11,4-2)9-7-5-6-8-12-9/h3,5-8H,1,4H2,2H3. The van der Waals surface area contributed by atoms with Gasteiger partial charge in [0.2, 0.25) is 0 Å². The van der Waals surface area contributed by atoms with Crippen LogP contribution in [0.4, 0.5) is 4.39 Å². The highest BCUT2D eigenvalue weighted by molar-refractivity contribution is 5.18. The lowest BCUT2D eigenvalue weighted by Crippen LogP contribution is -2.16. The van der Waals surface area contributed by atoms with Gasteiger partial charge in [-0.15, -0.1) is 0 Å². The fourth-order valence-corrected chi connectivity index (χ4v) is 1.04. The molecule has 1 aromatic rings. The van der Waals surface area contributed by atoms with E-state index in [2.05, 4.69) is 11.6 Å². The average molecular weight is 165 g/mol. The number of pyridine rings is 1. The Hall–Kier alpha value is -1.18. The second kappa shape index (κ2) is 3.48. The van der Waals surface area contributed by atoms with Crippen molar-refractivity contribution in [3.63, 3.8) is 0 Å². The van der Waals surface area contributed by atoms with Gasteiger partial charge in [-0.2, -0.15) is 0 Å². The highest BCUT2D eigenvalue weighted by atomic mass is 19.1. The summed E-state index contributed by atoms with van der Waals surface area (Å²) in [6.45, 7) is 5.24. The van der Waals surface area contributed by atoms with Crippen molar-refractivity contribution in [2.75, 3.05) is 0 Å². The molecule has 0 aromatic carbocycles. The Morgan fingerprint density at radius 2 is 2.42 bits per heavy atom. The van der Waals surface area contributed by atoms with Crippen molar-refractivity contribution in [2.45, 2.75) is 19.0 Å². The minimum absolute atomic E-state index is 0.369. The maximum absolute atomic E-state index is 13.8. The monoisotopic (exact) mass is 165 g/mol. The Morgan fingerprint density at radius 3 is 2.83 bits per heavy atom. The summed E-state index contributed by atoms with van der Waals surface area (Å²) >= 11 is 0. The lowest BCUT2D eigenvalue weighted by molar-refractivity contribution is 0.220. The SMILES string of the molecule is C=CC(F)(CC)c1ccccn1. The number of hydrogen-bond acceptors (Lipinski definition) is 1. The summed E-state index contributed by atoms with van der Waals surface area (Å²) in [5.74, 6) is 0. The molecule has 0 amide bonds. The van der Waals surface area contributed by atoms with Crippen molar-refractivity contribution in [3.05, 3.63) is 42.7 Å². The molecular weight excluding hydrogens is 153 g/mol. The van der Waals surface area contributed by atoms with Crippen LogP contribution in [0.3, 0.4) is 0 Å². The number of allylic oxidation sites excluding steroid dienone is 1. The molecule has 1 aromatic heterocycles. The Bertz CT molecular complexity index is 258. The molecule has 2 heteroatoms. The Morgan fingerprint density at radius 1 is 1.67 bits per heavy atom. The van der Waals surface area contributed by atoms with Crippen LogP contribution >= 0.6 is 0 Å². The first-order valence-electron chi connectivity index (χ1n) is 3.97. The second-order valence-corrected chi connectivity index (χ2v) is 2.64. The number of nitrogens with zero attached hydrogens (tertiary/aromatic N) is 1. The quantitative estimate of drug-likeness (QED) is 0.627. The molecule has 1 unspecified atom stereocenters. The zero-order chi connectivity index (χ0) is 9.03. The number of halogens is 1. The summed E-state index contributed by atoms with van der Waals surface area (Å²) in [7, 11) is 0. The van der Waals surface area contributed by atoms with E-state index in [1.807, 2.05) is 0 Å². The van der Waals surface area contributed by atoms with Crippen LogP contribution in [0.1, 0.15) is 19.0 Å². The van der Waals surface area contributed by atoms with Crippen LogP contribution in [0.2, 0.25) is 0 Å². The smallest absolute Gasteiger partial charge is 0.170 e. The van der Waals surface area contributed by atoms with E-state index in [0.29, 0.717) is 12.1 Å². The van der Waals surface area contributed by atoms with E-state index >= 15 is 0 Å². The van der Waals surface area contributed by atoms with Crippen LogP contribution in [0.15, 0.2) is 37.1 Å². The molecule has 0 aliphatic heterocycles. The third-order valence-corrected chi connectivity index (χ3v) is 1.93. The van der Waals surface area contributed by atoms with Gasteiger partial charge in [-0.05, 0) is 24.6 Å². The summed E-state index contributed by atoms with van der Waals surface area (Å²) in [6.07, 6.45) is 3.26. The summed E-state index contributed by atoms with van der Waals surface area (Å²) in [4.78, 5) is 3.95. The molecule has 0 N–H and O–H groups in total. The molecule has 0 spiro atoms. The lowest BCUT2D eigenvalue weighted by atomic mass is 9.98. The van der Waals surface area contributed by atoms with E-state index < -0.39 is 5.67 Å². The molecule has 12 heavy (non-hydrogen) atoms. The molecular formula is C10H12FN. The van der Waals surface area contributed by atoms with Gasteiger partial charge < -0.3 is 0 Å². The van der Waals surface area contributed by atoms with Gasteiger partial charge in [-0.1, -0.05) is 19.6 Å². The van der Waals surface area contributed by atoms with Gasteiger partial charge in [0.05, 0.1) is 5.69 Å². The van der Waals surface area contributed by atoms with Crippen molar-refractivity contribution in [1.29, 1.82) is 0 Å². The largest absolute Gasteiger partial charge is 0.258 e. The van der Waals surface area contributed by atoms with Crippen molar-refractivity contribution in [1.82, 2.24) is 4.98 Å². The van der Waals surface area contributed by atoms with Crippen molar-refractivity contribution in [3.8, 4) is 0 Å². The van der Waals surface area contributed by atoms with Crippen LogP contribution < -0.4 is 0 Å². The van der Waals surface area contributed by atoms with E-state index in [-0.39, 0.29) is 0 Å². The van der Waals surface area contributed by atoms with Crippen LogP contribution in [0.25, 0.3) is 0 Å². The molecule has 0 fully saturated rings. The molecule has 0 radical (unpaired) electrons. The normalized spacial score (nSPS) is 15.2. The number of hydrogen-bond donors (Lipinski definition) is 0. The fraction of sp³-hybridized carbons (Fsp3) is 0.300. The predicted octanol–water partition coefficient (Wildman–Crippen LogP) is 2.84. The molecule has 0 saturated carbocycles. The van der Waals surface area contributed by atoms with Gasteiger partial charge >= 0.3 is 0 Å². The van der Waals surface area contributed by atoms with Crippen molar-refractivity contribution >= 4 is 0 Å². The highest BCUT2D eigenvalue weighted by Gasteiger charge is 2.26. The van der Waals surface area contributed by atoms with E-state index in [1.165, 1.54) is 6.08 Å². The Labute approximate surface area is 72.0 Å². The average Bonchev–Trinajstić information content (AvgIpc) is 2.18. The summed E-state index contributed by atoms with van der Waals surface area (Å²) in [5, 5.41) is 0. The van der Waals surface area contributed by atoms with Gasteiger partial charge in [-0.3, -0.25) is 4.98 Å². The number of alkyl halides is 1. The van der Waals surface area contributed by atoms with E-state index in [1.54, 1.807) is 31.3 Å². The predicted molar refractivity (Wildman–Crippen MR) is 47.5 cm³/mol. The maximum atomic E-state index is 13.8. The molecule has 0 saturated heterocycles. The Kier molecular flexibility index (Phi) is 2.58. The van der Waals surface area contributed by atoms with E-state index in [0.717, 1.165) is 0 Å². The minimum atomic E-state index is -1.47. The molecule has 0 aliphatic carbocycles. The molecule has 0 bridgehead atoms. The van der Waals surface area contributed by atoms with Crippen LogP contribution in [-0.2, 0) is 5.67 Å². The first kappa shape index (κ1) is 8.91. The molecule has 1 rings (SSSR count). The number of aromatic nitrogens is 1. The van der Waals surface area contributed by atoms with Crippen molar-refractivity contribution in [2.24, 2.45) is 0 Å². The maximum Gasteiger partial charge on any atom is 0.170 e. The third kappa shape index (κ3) is 1.52. The molecule has 1 nitrogen and oxygen atoms in total. The van der Waals surface area contributed by atoms with Crippen LogP contribution in [-0.4, -0.2) is 4.98 Å². The molecule has 1 heterocycles. The van der Waals surface area contributed by atoms with Crippen molar-refractivity contribution < 1.29 is 4.39 Å². The first-order chi connectivity index (χ1) is 5.73. The molecule has 0 aliphatic rings. The third-order valence-electron chi connectivity index (χ3n) is 1.93. The topological polar surface area (TPSA) is 12.9 Å². The Balaban J connectivity index is 3.03.